The molecule has 4 N–H and O–H groups in total. The summed E-state index contributed by atoms with van der Waals surface area (Å²) in [4.78, 5) is 47.1. The summed E-state index contributed by atoms with van der Waals surface area (Å²) in [6.07, 6.45) is 0.535. The van der Waals surface area contributed by atoms with Crippen LogP contribution in [0.5, 0.6) is 0 Å². The van der Waals surface area contributed by atoms with Crippen LogP contribution >= 0.6 is 0 Å². The molecule has 2 aromatic rings. The summed E-state index contributed by atoms with van der Waals surface area (Å²) in [5, 5.41) is 17.5. The summed E-state index contributed by atoms with van der Waals surface area (Å²) < 4.78 is 12.9. The second-order valence-corrected chi connectivity index (χ2v) is 7.27. The number of anilines is 1. The number of hydrogen-bond donors (Lipinski definition) is 4. The maximum Gasteiger partial charge on any atom is 0.306 e. The Morgan fingerprint density at radius 2 is 1.69 bits per heavy atom. The monoisotopic (exact) mass is 443 g/mol. The van der Waals surface area contributed by atoms with Crippen molar-refractivity contribution in [3.05, 3.63) is 66.0 Å². The third-order valence-corrected chi connectivity index (χ3v) is 4.89. The van der Waals surface area contributed by atoms with Gasteiger partial charge in [-0.1, -0.05) is 18.2 Å². The van der Waals surface area contributed by atoms with Gasteiger partial charge in [-0.25, -0.2) is 4.39 Å². The summed E-state index contributed by atoms with van der Waals surface area (Å²) in [5.41, 5.74) is -0.574. The van der Waals surface area contributed by atoms with Crippen LogP contribution in [0.25, 0.3) is 0 Å². The third-order valence-electron chi connectivity index (χ3n) is 4.89. The maximum atomic E-state index is 12.9. The molecule has 0 radical (unpaired) electrons. The Hall–Kier alpha value is -3.59. The van der Waals surface area contributed by atoms with Crippen LogP contribution in [0.2, 0.25) is 0 Å². The van der Waals surface area contributed by atoms with Crippen LogP contribution in [0.4, 0.5) is 10.1 Å². The number of imide groups is 1. The number of amides is 2. The van der Waals surface area contributed by atoms with E-state index in [1.54, 1.807) is 30.3 Å². The van der Waals surface area contributed by atoms with Crippen LogP contribution in [-0.2, 0) is 14.4 Å². The first kappa shape index (κ1) is 24.7. The SMILES string of the molecule is O=CNC(=O)C(CCNCCCC(=O)c1ccc(F)cc1)(CC(=O)O)Nc1ccccc1. The van der Waals surface area contributed by atoms with E-state index in [9.17, 15) is 28.7 Å². The van der Waals surface area contributed by atoms with Crippen molar-refractivity contribution in [3.8, 4) is 0 Å². The van der Waals surface area contributed by atoms with Crippen LogP contribution in [-0.4, -0.2) is 47.8 Å². The van der Waals surface area contributed by atoms with Gasteiger partial charge in [-0.15, -0.1) is 0 Å². The van der Waals surface area contributed by atoms with E-state index in [2.05, 4.69) is 16.0 Å². The number of ketones is 1. The molecule has 2 amide bonds. The molecule has 0 bridgehead atoms. The number of rotatable bonds is 14. The van der Waals surface area contributed by atoms with E-state index in [-0.39, 0.29) is 31.6 Å². The number of aliphatic carboxylic acids is 1. The number of carbonyl (C=O) groups excluding carboxylic acids is 3. The number of carboxylic acids is 1. The van der Waals surface area contributed by atoms with Crippen molar-refractivity contribution in [1.82, 2.24) is 10.6 Å². The van der Waals surface area contributed by atoms with Gasteiger partial charge in [0.05, 0.1) is 6.42 Å². The zero-order valence-corrected chi connectivity index (χ0v) is 17.5. The Morgan fingerprint density at radius 1 is 1.00 bits per heavy atom. The van der Waals surface area contributed by atoms with E-state index in [4.69, 9.17) is 0 Å². The molecule has 0 saturated heterocycles. The highest BCUT2D eigenvalue weighted by atomic mass is 19.1. The van der Waals surface area contributed by atoms with Crippen molar-refractivity contribution >= 4 is 29.8 Å². The Bertz CT molecular complexity index is 921. The number of benzene rings is 2. The van der Waals surface area contributed by atoms with Crippen molar-refractivity contribution < 1.29 is 28.7 Å². The van der Waals surface area contributed by atoms with Gasteiger partial charge >= 0.3 is 5.97 Å². The van der Waals surface area contributed by atoms with Gasteiger partial charge in [0.1, 0.15) is 11.4 Å². The number of Topliss-reactive ketones (excluding diaryl/α,β-unsaturated/α-hetero) is 1. The lowest BCUT2D eigenvalue weighted by Crippen LogP contribution is -2.55. The van der Waals surface area contributed by atoms with Crippen LogP contribution in [0.1, 0.15) is 36.0 Å². The normalized spacial score (nSPS) is 12.4. The van der Waals surface area contributed by atoms with Crippen LogP contribution < -0.4 is 16.0 Å². The smallest absolute Gasteiger partial charge is 0.306 e. The molecule has 170 valence electrons. The average molecular weight is 443 g/mol. The lowest BCUT2D eigenvalue weighted by atomic mass is 9.89. The summed E-state index contributed by atoms with van der Waals surface area (Å²) in [6, 6.07) is 14.0. The zero-order chi connectivity index (χ0) is 23.4. The first-order valence-corrected chi connectivity index (χ1v) is 10.2. The largest absolute Gasteiger partial charge is 0.481 e. The van der Waals surface area contributed by atoms with Crippen molar-refractivity contribution in [1.29, 1.82) is 0 Å². The minimum absolute atomic E-state index is 0.0831. The molecule has 0 fully saturated rings. The van der Waals surface area contributed by atoms with Crippen LogP contribution in [0, 0.1) is 5.82 Å². The second kappa shape index (κ2) is 12.3. The fraction of sp³-hybridized carbons (Fsp3) is 0.304. The molecule has 1 atom stereocenters. The Morgan fingerprint density at radius 3 is 2.31 bits per heavy atom. The van der Waals surface area contributed by atoms with Gasteiger partial charge in [-0.3, -0.25) is 24.5 Å². The van der Waals surface area contributed by atoms with Crippen molar-refractivity contribution in [3.63, 3.8) is 0 Å². The van der Waals surface area contributed by atoms with Crippen LogP contribution in [0.15, 0.2) is 54.6 Å². The van der Waals surface area contributed by atoms with Gasteiger partial charge in [-0.2, -0.15) is 0 Å². The van der Waals surface area contributed by atoms with Crippen LogP contribution in [0.3, 0.4) is 0 Å². The standard InChI is InChI=1S/C23H26FN3O5/c24-18-10-8-17(9-11-18)20(29)7-4-13-25-14-12-23(15-21(30)31,22(32)26-16-28)27-19-5-2-1-3-6-19/h1-3,5-6,8-11,16,25,27H,4,7,12-15H2,(H,30,31)(H,26,28,32). The predicted octanol–water partition coefficient (Wildman–Crippen LogP) is 2.37. The van der Waals surface area contributed by atoms with Gasteiger partial charge in [-0.05, 0) is 62.3 Å². The van der Waals surface area contributed by atoms with E-state index in [1.165, 1.54) is 24.3 Å². The van der Waals surface area contributed by atoms with Gasteiger partial charge in [0, 0.05) is 17.7 Å². The molecule has 9 heteroatoms. The van der Waals surface area contributed by atoms with Crippen molar-refractivity contribution in [2.75, 3.05) is 18.4 Å². The van der Waals surface area contributed by atoms with Crippen molar-refractivity contribution in [2.24, 2.45) is 0 Å². The van der Waals surface area contributed by atoms with Gasteiger partial charge in [0.2, 0.25) is 6.41 Å². The summed E-state index contributed by atoms with van der Waals surface area (Å²) in [7, 11) is 0. The molecule has 0 aliphatic rings. The lowest BCUT2D eigenvalue weighted by Gasteiger charge is -2.32. The number of para-hydroxylation sites is 1. The van der Waals surface area contributed by atoms with Gasteiger partial charge in [0.15, 0.2) is 5.78 Å². The van der Waals surface area contributed by atoms with E-state index in [1.807, 2.05) is 0 Å². The quantitative estimate of drug-likeness (QED) is 0.201. The Labute approximate surface area is 185 Å². The van der Waals surface area contributed by atoms with Gasteiger partial charge in [0.25, 0.3) is 5.91 Å². The number of hydrogen-bond acceptors (Lipinski definition) is 6. The van der Waals surface area contributed by atoms with E-state index in [0.29, 0.717) is 24.2 Å². The van der Waals surface area contributed by atoms with Gasteiger partial charge < -0.3 is 15.7 Å². The average Bonchev–Trinajstić information content (AvgIpc) is 2.76. The first-order chi connectivity index (χ1) is 15.4. The molecule has 0 heterocycles. The van der Waals surface area contributed by atoms with E-state index >= 15 is 0 Å². The molecule has 0 aromatic heterocycles. The number of halogens is 1. The highest BCUT2D eigenvalue weighted by Crippen LogP contribution is 2.23. The number of carboxylic acid groups (broad SMARTS) is 1. The molecule has 0 saturated carbocycles. The molecular weight excluding hydrogens is 417 g/mol. The molecule has 2 rings (SSSR count). The summed E-state index contributed by atoms with van der Waals surface area (Å²) in [6.45, 7) is 0.723. The Kier molecular flexibility index (Phi) is 9.49. The molecule has 0 spiro atoms. The Balaban J connectivity index is 1.94. The topological polar surface area (TPSA) is 125 Å². The minimum Gasteiger partial charge on any atom is -0.481 e. The highest BCUT2D eigenvalue weighted by Gasteiger charge is 2.40. The van der Waals surface area contributed by atoms with E-state index < -0.39 is 29.7 Å². The number of carbonyl (C=O) groups is 4. The highest BCUT2D eigenvalue weighted by molar-refractivity contribution is 5.98. The number of nitrogens with one attached hydrogen (secondary N) is 3. The summed E-state index contributed by atoms with van der Waals surface area (Å²) >= 11 is 0. The second-order valence-electron chi connectivity index (χ2n) is 7.27. The third kappa shape index (κ3) is 7.59. The molecule has 1 unspecified atom stereocenters. The molecule has 8 nitrogen and oxygen atoms in total. The molecule has 0 aliphatic heterocycles. The fourth-order valence-electron chi connectivity index (χ4n) is 3.27. The zero-order valence-electron chi connectivity index (χ0n) is 17.5. The molecular formula is C23H26FN3O5. The molecule has 32 heavy (non-hydrogen) atoms. The van der Waals surface area contributed by atoms with E-state index in [0.717, 1.165) is 0 Å². The predicted molar refractivity (Wildman–Crippen MR) is 117 cm³/mol. The fourth-order valence-corrected chi connectivity index (χ4v) is 3.27. The first-order valence-electron chi connectivity index (χ1n) is 10.2. The maximum absolute atomic E-state index is 12.9. The van der Waals surface area contributed by atoms with Crippen molar-refractivity contribution in [2.45, 2.75) is 31.2 Å². The minimum atomic E-state index is -1.55. The molecule has 2 aromatic carbocycles. The summed E-state index contributed by atoms with van der Waals surface area (Å²) in [5.74, 6) is -2.45. The molecule has 0 aliphatic carbocycles. The lowest BCUT2D eigenvalue weighted by molar-refractivity contribution is -0.142.